The van der Waals surface area contributed by atoms with E-state index in [2.05, 4.69) is 260 Å². The molecule has 1 N–H and O–H groups in total. The zero-order valence-electron chi connectivity index (χ0n) is 39.8. The van der Waals surface area contributed by atoms with E-state index in [1.807, 2.05) is 23.5 Å². The Bertz CT molecular complexity index is 4310. The molecule has 2 aromatic heterocycles. The van der Waals surface area contributed by atoms with Crippen LogP contribution in [0.5, 0.6) is 0 Å². The molecule has 0 unspecified atom stereocenters. The summed E-state index contributed by atoms with van der Waals surface area (Å²) >= 11 is 3.62. The van der Waals surface area contributed by atoms with Gasteiger partial charge in [-0.05, 0) is 150 Å². The normalized spacial score (nSPS) is 12.6. The van der Waals surface area contributed by atoms with Crippen LogP contribution in [0.25, 0.3) is 86.2 Å². The Morgan fingerprint density at radius 3 is 1.60 bits per heavy atom. The van der Waals surface area contributed by atoms with Gasteiger partial charge in [0.1, 0.15) is 0 Å². The molecule has 2 heterocycles. The maximum atomic E-state index is 3.82. The van der Waals surface area contributed by atoms with Crippen molar-refractivity contribution in [2.75, 3.05) is 10.2 Å². The predicted octanol–water partition coefficient (Wildman–Crippen LogP) is 20.1. The van der Waals surface area contributed by atoms with Crippen LogP contribution in [0.15, 0.2) is 250 Å². The van der Waals surface area contributed by atoms with Crippen LogP contribution >= 0.6 is 22.7 Å². The van der Waals surface area contributed by atoms with Crippen LogP contribution < -0.4 is 10.2 Å². The van der Waals surface area contributed by atoms with E-state index in [-0.39, 0.29) is 0 Å². The number of rotatable bonds is 7. The summed E-state index contributed by atoms with van der Waals surface area (Å²) in [4.78, 5) is 3.62. The van der Waals surface area contributed by atoms with Crippen molar-refractivity contribution in [3.05, 3.63) is 282 Å². The fraction of sp³-hybridized carbons (Fsp3) is 0.0145. The standard InChI is InChI=1S/C57H36N2S.C12H10S/c1-3-13-38(14-4-1)58-39-25-30-43-36(33-39)23-28-48-49-29-24-37-34-41(59(40-15-5-2-6-16-40)42-27-32-54-50(35-42)47-19-9-12-22-53(47)60-54)26-31-44(37)56(49)57(55(43)48)51-20-10-7-17-45(51)46-18-8-11-21-52(46)57;1-3-9-10-7-5-6-8-12(10)13-11(9)4-2/h1-35,58H;3-8H,1-2H2. The largest absolute Gasteiger partial charge is 0.356 e. The Morgan fingerprint density at radius 2 is 0.918 bits per heavy atom. The van der Waals surface area contributed by atoms with Crippen LogP contribution in [0.3, 0.4) is 0 Å². The minimum absolute atomic E-state index is 0.503. The van der Waals surface area contributed by atoms with E-state index >= 15 is 0 Å². The van der Waals surface area contributed by atoms with Crippen molar-refractivity contribution in [2.24, 2.45) is 0 Å². The van der Waals surface area contributed by atoms with Gasteiger partial charge in [-0.2, -0.15) is 0 Å². The van der Waals surface area contributed by atoms with Gasteiger partial charge in [-0.25, -0.2) is 0 Å². The van der Waals surface area contributed by atoms with E-state index in [1.165, 1.54) is 107 Å². The lowest BCUT2D eigenvalue weighted by atomic mass is 9.68. The molecule has 13 aromatic rings. The molecule has 2 aliphatic carbocycles. The van der Waals surface area contributed by atoms with Crippen molar-refractivity contribution in [3.8, 4) is 22.3 Å². The number of nitrogens with one attached hydrogen (secondary N) is 1. The van der Waals surface area contributed by atoms with Gasteiger partial charge in [-0.15, -0.1) is 22.7 Å². The molecule has 0 aliphatic heterocycles. The SMILES string of the molecule is C=Cc1sc2ccccc2c1C=C.c1ccc(Nc2ccc3c4c(ccc3c2)-c2ccc3cc(N(c5ccccc5)c5ccc6sc7ccccc7c6c5)ccc3c2C42c3ccccc3-c3ccccc32)cc1. The highest BCUT2D eigenvalue weighted by atomic mass is 32.1. The molecule has 344 valence electrons. The second kappa shape index (κ2) is 17.2. The number of hydrogen-bond donors (Lipinski definition) is 1. The topological polar surface area (TPSA) is 15.3 Å². The number of fused-ring (bicyclic) bond motifs is 18. The monoisotopic (exact) mass is 966 g/mol. The van der Waals surface area contributed by atoms with Gasteiger partial charge in [-0.1, -0.05) is 183 Å². The lowest BCUT2D eigenvalue weighted by Gasteiger charge is -2.32. The molecule has 0 bridgehead atoms. The van der Waals surface area contributed by atoms with Crippen LogP contribution in [0, 0.1) is 0 Å². The minimum atomic E-state index is -0.503. The summed E-state index contributed by atoms with van der Waals surface area (Å²) in [5.41, 5.74) is 17.0. The Hall–Kier alpha value is -8.80. The Morgan fingerprint density at radius 1 is 0.370 bits per heavy atom. The van der Waals surface area contributed by atoms with Gasteiger partial charge in [0.15, 0.2) is 0 Å². The quantitative estimate of drug-likeness (QED) is 0.171. The van der Waals surface area contributed by atoms with Crippen LogP contribution in [0.1, 0.15) is 32.7 Å². The molecule has 2 nitrogen and oxygen atoms in total. The van der Waals surface area contributed by atoms with E-state index in [0.717, 1.165) is 28.4 Å². The maximum Gasteiger partial charge on any atom is 0.0737 e. The third-order valence-electron chi connectivity index (χ3n) is 15.0. The van der Waals surface area contributed by atoms with Gasteiger partial charge in [-0.3, -0.25) is 0 Å². The van der Waals surface area contributed by atoms with Crippen LogP contribution in [0.2, 0.25) is 0 Å². The lowest BCUT2D eigenvalue weighted by Crippen LogP contribution is -2.26. The van der Waals surface area contributed by atoms with Crippen molar-refractivity contribution in [2.45, 2.75) is 5.41 Å². The molecule has 11 aromatic carbocycles. The number of anilines is 5. The van der Waals surface area contributed by atoms with Crippen molar-refractivity contribution in [1.29, 1.82) is 0 Å². The molecule has 1 spiro atoms. The molecule has 73 heavy (non-hydrogen) atoms. The zero-order chi connectivity index (χ0) is 48.6. The molecule has 0 saturated heterocycles. The van der Waals surface area contributed by atoms with Crippen molar-refractivity contribution in [1.82, 2.24) is 0 Å². The minimum Gasteiger partial charge on any atom is -0.356 e. The number of hydrogen-bond acceptors (Lipinski definition) is 4. The van der Waals surface area contributed by atoms with Gasteiger partial charge in [0.2, 0.25) is 0 Å². The summed E-state index contributed by atoms with van der Waals surface area (Å²) in [6, 6.07) is 87.0. The van der Waals surface area contributed by atoms with Gasteiger partial charge in [0, 0.05) is 63.6 Å². The fourth-order valence-electron chi connectivity index (χ4n) is 12.0. The number of para-hydroxylation sites is 2. The second-order valence-electron chi connectivity index (χ2n) is 18.9. The molecule has 2 aliphatic rings. The highest BCUT2D eigenvalue weighted by molar-refractivity contribution is 7.25. The third kappa shape index (κ3) is 6.68. The summed E-state index contributed by atoms with van der Waals surface area (Å²) in [5, 5.41) is 12.5. The van der Waals surface area contributed by atoms with Crippen LogP contribution in [0.4, 0.5) is 28.4 Å². The average molecular weight is 967 g/mol. The molecular formula is C69H46N2S2. The van der Waals surface area contributed by atoms with Gasteiger partial charge >= 0.3 is 0 Å². The zero-order valence-corrected chi connectivity index (χ0v) is 41.5. The lowest BCUT2D eigenvalue weighted by molar-refractivity contribution is 0.809. The molecule has 0 radical (unpaired) electrons. The summed E-state index contributed by atoms with van der Waals surface area (Å²) in [5.74, 6) is 0. The summed E-state index contributed by atoms with van der Waals surface area (Å²) in [6.45, 7) is 7.62. The third-order valence-corrected chi connectivity index (χ3v) is 17.4. The van der Waals surface area contributed by atoms with Crippen molar-refractivity contribution in [3.63, 3.8) is 0 Å². The Kier molecular flexibility index (Phi) is 10.1. The first kappa shape index (κ1) is 43.0. The van der Waals surface area contributed by atoms with E-state index in [1.54, 1.807) is 11.3 Å². The van der Waals surface area contributed by atoms with E-state index in [0.29, 0.717) is 0 Å². The fourth-order valence-corrected chi connectivity index (χ4v) is 14.2. The molecule has 0 saturated carbocycles. The second-order valence-corrected chi connectivity index (χ2v) is 21.1. The van der Waals surface area contributed by atoms with E-state index in [4.69, 9.17) is 0 Å². The van der Waals surface area contributed by atoms with Gasteiger partial charge in [0.05, 0.1) is 5.41 Å². The molecule has 4 heteroatoms. The first-order chi connectivity index (χ1) is 36.1. The van der Waals surface area contributed by atoms with Gasteiger partial charge in [0.25, 0.3) is 0 Å². The summed E-state index contributed by atoms with van der Waals surface area (Å²) in [7, 11) is 0. The average Bonchev–Trinajstić information content (AvgIpc) is 4.20. The highest BCUT2D eigenvalue weighted by Gasteiger charge is 2.53. The maximum absolute atomic E-state index is 3.82. The Balaban J connectivity index is 0.000000331. The van der Waals surface area contributed by atoms with Gasteiger partial charge < -0.3 is 10.2 Å². The van der Waals surface area contributed by atoms with Crippen LogP contribution in [-0.2, 0) is 5.41 Å². The first-order valence-corrected chi connectivity index (χ1v) is 26.4. The predicted molar refractivity (Wildman–Crippen MR) is 317 cm³/mol. The molecule has 0 atom stereocenters. The summed E-state index contributed by atoms with van der Waals surface area (Å²) < 4.78 is 3.92. The van der Waals surface area contributed by atoms with E-state index < -0.39 is 5.41 Å². The summed E-state index contributed by atoms with van der Waals surface area (Å²) in [6.07, 6.45) is 3.79. The smallest absolute Gasteiger partial charge is 0.0737 e. The molecule has 15 rings (SSSR count). The highest BCUT2D eigenvalue weighted by Crippen LogP contribution is 2.65. The van der Waals surface area contributed by atoms with E-state index in [9.17, 15) is 0 Å². The van der Waals surface area contributed by atoms with Crippen LogP contribution in [-0.4, -0.2) is 0 Å². The molecule has 0 amide bonds. The first-order valence-electron chi connectivity index (χ1n) is 24.8. The Labute approximate surface area is 432 Å². The number of thiophene rings is 2. The van der Waals surface area contributed by atoms with Crippen molar-refractivity contribution >= 4 is 115 Å². The molecular weight excluding hydrogens is 921 g/mol. The number of nitrogens with zero attached hydrogens (tertiary/aromatic N) is 1. The number of benzene rings is 11. The van der Waals surface area contributed by atoms with Crippen molar-refractivity contribution < 1.29 is 0 Å². The molecule has 0 fully saturated rings.